The van der Waals surface area contributed by atoms with Crippen LogP contribution in [0.2, 0.25) is 0 Å². The van der Waals surface area contributed by atoms with Gasteiger partial charge in [0, 0.05) is 31.0 Å². The van der Waals surface area contributed by atoms with Crippen molar-refractivity contribution in [3.8, 4) is 0 Å². The number of nitrogens with two attached hydrogens (primary N) is 1. The van der Waals surface area contributed by atoms with Gasteiger partial charge in [-0.3, -0.25) is 9.88 Å². The number of pyridine rings is 1. The maximum absolute atomic E-state index is 6.20. The third-order valence-corrected chi connectivity index (χ3v) is 5.14. The van der Waals surface area contributed by atoms with Crippen molar-refractivity contribution in [2.75, 3.05) is 13.1 Å². The van der Waals surface area contributed by atoms with Crippen LogP contribution in [-0.4, -0.2) is 28.5 Å². The van der Waals surface area contributed by atoms with E-state index in [2.05, 4.69) is 29.8 Å². The summed E-state index contributed by atoms with van der Waals surface area (Å²) >= 11 is 0. The molecule has 0 aliphatic heterocycles. The molecule has 3 heteroatoms. The van der Waals surface area contributed by atoms with Crippen LogP contribution in [0.15, 0.2) is 24.5 Å². The van der Waals surface area contributed by atoms with Crippen molar-refractivity contribution in [3.63, 3.8) is 0 Å². The highest BCUT2D eigenvalue weighted by Crippen LogP contribution is 2.37. The van der Waals surface area contributed by atoms with Gasteiger partial charge in [0.2, 0.25) is 0 Å². The molecule has 1 aromatic rings. The van der Waals surface area contributed by atoms with E-state index in [0.717, 1.165) is 25.6 Å². The molecule has 1 aromatic heterocycles. The molecule has 2 N–H and O–H groups in total. The normalized spacial score (nSPS) is 26.9. The Morgan fingerprint density at radius 2 is 2.10 bits per heavy atom. The molecule has 1 heterocycles. The van der Waals surface area contributed by atoms with Crippen molar-refractivity contribution in [1.29, 1.82) is 0 Å². The van der Waals surface area contributed by atoms with Gasteiger partial charge in [0.15, 0.2) is 0 Å². The van der Waals surface area contributed by atoms with Gasteiger partial charge in [-0.25, -0.2) is 0 Å². The summed E-state index contributed by atoms with van der Waals surface area (Å²) in [4.78, 5) is 6.81. The van der Waals surface area contributed by atoms with Gasteiger partial charge in [0.05, 0.1) is 0 Å². The van der Waals surface area contributed by atoms with Gasteiger partial charge in [0.25, 0.3) is 0 Å². The summed E-state index contributed by atoms with van der Waals surface area (Å²) in [6.45, 7) is 7.37. The van der Waals surface area contributed by atoms with Gasteiger partial charge in [-0.15, -0.1) is 0 Å². The molecule has 1 aliphatic rings. The predicted molar refractivity (Wildman–Crippen MR) is 84.4 cm³/mol. The van der Waals surface area contributed by atoms with E-state index in [0.29, 0.717) is 0 Å². The van der Waals surface area contributed by atoms with Crippen LogP contribution in [0.1, 0.15) is 51.5 Å². The number of rotatable bonds is 6. The third kappa shape index (κ3) is 3.39. The van der Waals surface area contributed by atoms with Crippen LogP contribution in [0.4, 0.5) is 0 Å². The molecule has 1 aliphatic carbocycles. The Balaban J connectivity index is 2.08. The molecule has 1 saturated carbocycles. The SMILES string of the molecule is CCC1CCC(CN)(N(CC)Cc2cccnc2)CC1. The molecular weight excluding hydrogens is 246 g/mol. The van der Waals surface area contributed by atoms with E-state index in [1.807, 2.05) is 18.5 Å². The van der Waals surface area contributed by atoms with Crippen molar-refractivity contribution in [2.45, 2.75) is 58.0 Å². The summed E-state index contributed by atoms with van der Waals surface area (Å²) in [5.74, 6) is 0.909. The van der Waals surface area contributed by atoms with Crippen LogP contribution in [0.5, 0.6) is 0 Å². The van der Waals surface area contributed by atoms with Gasteiger partial charge < -0.3 is 5.73 Å². The molecule has 0 unspecified atom stereocenters. The summed E-state index contributed by atoms with van der Waals surface area (Å²) < 4.78 is 0. The van der Waals surface area contributed by atoms with E-state index in [1.165, 1.54) is 37.7 Å². The molecule has 0 aromatic carbocycles. The summed E-state index contributed by atoms with van der Waals surface area (Å²) in [7, 11) is 0. The highest BCUT2D eigenvalue weighted by molar-refractivity contribution is 5.10. The maximum Gasteiger partial charge on any atom is 0.0335 e. The van der Waals surface area contributed by atoms with Crippen molar-refractivity contribution >= 4 is 0 Å². The first-order valence-electron chi connectivity index (χ1n) is 8.08. The second kappa shape index (κ2) is 7.19. The first kappa shape index (κ1) is 15.5. The Hall–Kier alpha value is -0.930. The van der Waals surface area contributed by atoms with E-state index in [1.54, 1.807) is 0 Å². The lowest BCUT2D eigenvalue weighted by atomic mass is 9.74. The van der Waals surface area contributed by atoms with Gasteiger partial charge in [-0.05, 0) is 49.8 Å². The average Bonchev–Trinajstić information content (AvgIpc) is 2.53. The van der Waals surface area contributed by atoms with Crippen LogP contribution in [0.25, 0.3) is 0 Å². The summed E-state index contributed by atoms with van der Waals surface area (Å²) in [6.07, 6.45) is 10.3. The van der Waals surface area contributed by atoms with Gasteiger partial charge in [-0.1, -0.05) is 26.3 Å². The second-order valence-corrected chi connectivity index (χ2v) is 6.16. The van der Waals surface area contributed by atoms with E-state index >= 15 is 0 Å². The van der Waals surface area contributed by atoms with Crippen LogP contribution < -0.4 is 5.73 Å². The quantitative estimate of drug-likeness (QED) is 0.867. The lowest BCUT2D eigenvalue weighted by Crippen LogP contribution is -2.55. The minimum absolute atomic E-state index is 0.205. The number of likely N-dealkylation sites (N-methyl/N-ethyl adjacent to an activating group) is 1. The minimum Gasteiger partial charge on any atom is -0.329 e. The molecule has 0 atom stereocenters. The van der Waals surface area contributed by atoms with Gasteiger partial charge in [-0.2, -0.15) is 0 Å². The number of aromatic nitrogens is 1. The number of hydrogen-bond acceptors (Lipinski definition) is 3. The molecule has 2 rings (SSSR count). The van der Waals surface area contributed by atoms with Crippen molar-refractivity contribution in [1.82, 2.24) is 9.88 Å². The zero-order valence-corrected chi connectivity index (χ0v) is 13.0. The Morgan fingerprint density at radius 3 is 2.60 bits per heavy atom. The monoisotopic (exact) mass is 275 g/mol. The van der Waals surface area contributed by atoms with Gasteiger partial charge >= 0.3 is 0 Å². The fraction of sp³-hybridized carbons (Fsp3) is 0.706. The molecule has 112 valence electrons. The van der Waals surface area contributed by atoms with Crippen LogP contribution >= 0.6 is 0 Å². The predicted octanol–water partition coefficient (Wildman–Crippen LogP) is 3.20. The third-order valence-electron chi connectivity index (χ3n) is 5.14. The van der Waals surface area contributed by atoms with Crippen molar-refractivity contribution in [3.05, 3.63) is 30.1 Å². The Bertz CT molecular complexity index is 382. The second-order valence-electron chi connectivity index (χ2n) is 6.16. The van der Waals surface area contributed by atoms with Crippen molar-refractivity contribution < 1.29 is 0 Å². The Kier molecular flexibility index (Phi) is 5.55. The number of hydrogen-bond donors (Lipinski definition) is 1. The standard InChI is InChI=1S/C17H29N3/c1-3-15-7-9-17(14-18,10-8-15)20(4-2)13-16-6-5-11-19-12-16/h5-6,11-12,15H,3-4,7-10,13-14,18H2,1-2H3. The highest BCUT2D eigenvalue weighted by Gasteiger charge is 2.38. The van der Waals surface area contributed by atoms with Crippen LogP contribution in [0, 0.1) is 5.92 Å². The van der Waals surface area contributed by atoms with Gasteiger partial charge in [0.1, 0.15) is 0 Å². The van der Waals surface area contributed by atoms with Crippen molar-refractivity contribution in [2.24, 2.45) is 11.7 Å². The first-order chi connectivity index (χ1) is 9.74. The maximum atomic E-state index is 6.20. The molecule has 0 radical (unpaired) electrons. The molecule has 0 bridgehead atoms. The zero-order chi connectivity index (χ0) is 14.4. The Labute approximate surface area is 123 Å². The summed E-state index contributed by atoms with van der Waals surface area (Å²) in [6, 6.07) is 4.18. The van der Waals surface area contributed by atoms with Crippen LogP contribution in [0.3, 0.4) is 0 Å². The van der Waals surface area contributed by atoms with E-state index in [4.69, 9.17) is 5.73 Å². The summed E-state index contributed by atoms with van der Waals surface area (Å²) in [5, 5.41) is 0. The molecule has 0 saturated heterocycles. The fourth-order valence-electron chi connectivity index (χ4n) is 3.60. The fourth-order valence-corrected chi connectivity index (χ4v) is 3.60. The summed E-state index contributed by atoms with van der Waals surface area (Å²) in [5.41, 5.74) is 7.69. The molecule has 0 spiro atoms. The first-order valence-corrected chi connectivity index (χ1v) is 8.08. The lowest BCUT2D eigenvalue weighted by Gasteiger charge is -2.47. The lowest BCUT2D eigenvalue weighted by molar-refractivity contribution is 0.0392. The zero-order valence-electron chi connectivity index (χ0n) is 13.0. The van der Waals surface area contributed by atoms with E-state index in [-0.39, 0.29) is 5.54 Å². The molecule has 1 fully saturated rings. The average molecular weight is 275 g/mol. The largest absolute Gasteiger partial charge is 0.329 e. The topological polar surface area (TPSA) is 42.1 Å². The molecular formula is C17H29N3. The minimum atomic E-state index is 0.205. The van der Waals surface area contributed by atoms with E-state index < -0.39 is 0 Å². The van der Waals surface area contributed by atoms with Crippen LogP contribution in [-0.2, 0) is 6.54 Å². The molecule has 20 heavy (non-hydrogen) atoms. The molecule has 0 amide bonds. The number of nitrogens with zero attached hydrogens (tertiary/aromatic N) is 2. The molecule has 3 nitrogen and oxygen atoms in total. The van der Waals surface area contributed by atoms with E-state index in [9.17, 15) is 0 Å². The highest BCUT2D eigenvalue weighted by atomic mass is 15.2. The smallest absolute Gasteiger partial charge is 0.0335 e. The Morgan fingerprint density at radius 1 is 1.35 bits per heavy atom.